The molecule has 0 saturated carbocycles. The van der Waals surface area contributed by atoms with Gasteiger partial charge in [-0.15, -0.1) is 0 Å². The molecule has 0 saturated heterocycles. The maximum atomic E-state index is 11.6. The van der Waals surface area contributed by atoms with Crippen molar-refractivity contribution >= 4 is 11.9 Å². The fraction of sp³-hybridized carbons (Fsp3) is 0.545. The van der Waals surface area contributed by atoms with Crippen LogP contribution < -0.4 is 5.32 Å². The van der Waals surface area contributed by atoms with E-state index in [4.69, 9.17) is 5.11 Å². The standard InChI is InChI=1S/C11H17N3O3/c1-11(2,3)8-6-7(13-14-8)10(17)12-5-4-9(15)16/h6H,4-5H2,1-3H3,(H,12,17)(H,13,14)(H,15,16). The number of carboxylic acids is 1. The predicted molar refractivity (Wildman–Crippen MR) is 61.9 cm³/mol. The van der Waals surface area contributed by atoms with E-state index in [0.29, 0.717) is 0 Å². The Kier molecular flexibility index (Phi) is 3.88. The van der Waals surface area contributed by atoms with Gasteiger partial charge < -0.3 is 10.4 Å². The van der Waals surface area contributed by atoms with Gasteiger partial charge in [0, 0.05) is 17.7 Å². The second-order valence-electron chi connectivity index (χ2n) is 4.82. The van der Waals surface area contributed by atoms with Crippen LogP contribution in [0.15, 0.2) is 6.07 Å². The lowest BCUT2D eigenvalue weighted by Crippen LogP contribution is -2.26. The molecule has 0 aliphatic heterocycles. The lowest BCUT2D eigenvalue weighted by atomic mass is 9.92. The molecule has 0 aliphatic rings. The van der Waals surface area contributed by atoms with Crippen molar-refractivity contribution in [3.8, 4) is 0 Å². The van der Waals surface area contributed by atoms with E-state index in [1.54, 1.807) is 6.07 Å². The summed E-state index contributed by atoms with van der Waals surface area (Å²) in [5.74, 6) is -1.30. The van der Waals surface area contributed by atoms with Crippen LogP contribution in [0.25, 0.3) is 0 Å². The zero-order valence-corrected chi connectivity index (χ0v) is 10.2. The summed E-state index contributed by atoms with van der Waals surface area (Å²) in [7, 11) is 0. The number of aromatic amines is 1. The summed E-state index contributed by atoms with van der Waals surface area (Å²) in [6, 6.07) is 1.68. The van der Waals surface area contributed by atoms with Crippen LogP contribution in [0.3, 0.4) is 0 Å². The van der Waals surface area contributed by atoms with Crippen LogP contribution in [0.5, 0.6) is 0 Å². The van der Waals surface area contributed by atoms with Crippen molar-refractivity contribution in [3.63, 3.8) is 0 Å². The average Bonchev–Trinajstić information content (AvgIpc) is 2.64. The maximum Gasteiger partial charge on any atom is 0.305 e. The first-order valence-corrected chi connectivity index (χ1v) is 5.36. The molecule has 0 unspecified atom stereocenters. The fourth-order valence-corrected chi connectivity index (χ4v) is 1.20. The summed E-state index contributed by atoms with van der Waals surface area (Å²) in [5, 5.41) is 17.6. The second kappa shape index (κ2) is 4.99. The molecule has 6 heteroatoms. The van der Waals surface area contributed by atoms with Crippen LogP contribution in [0.4, 0.5) is 0 Å². The molecule has 0 aliphatic carbocycles. The molecule has 1 aromatic rings. The Labute approximate surface area is 99.4 Å². The van der Waals surface area contributed by atoms with Gasteiger partial charge in [-0.05, 0) is 6.07 Å². The summed E-state index contributed by atoms with van der Waals surface area (Å²) >= 11 is 0. The van der Waals surface area contributed by atoms with E-state index in [-0.39, 0.29) is 30.0 Å². The highest BCUT2D eigenvalue weighted by molar-refractivity contribution is 5.92. The molecule has 1 amide bonds. The van der Waals surface area contributed by atoms with Crippen LogP contribution in [0.1, 0.15) is 43.4 Å². The summed E-state index contributed by atoms with van der Waals surface area (Å²) < 4.78 is 0. The molecule has 0 fully saturated rings. The predicted octanol–water partition coefficient (Wildman–Crippen LogP) is 0.912. The Morgan fingerprint density at radius 1 is 1.47 bits per heavy atom. The molecule has 3 N–H and O–H groups in total. The first-order chi connectivity index (χ1) is 7.80. The van der Waals surface area contributed by atoms with Gasteiger partial charge in [0.25, 0.3) is 5.91 Å². The zero-order chi connectivity index (χ0) is 13.1. The number of hydrogen-bond donors (Lipinski definition) is 3. The van der Waals surface area contributed by atoms with Crippen molar-refractivity contribution in [2.75, 3.05) is 6.54 Å². The normalized spacial score (nSPS) is 11.2. The molecule has 1 heterocycles. The molecule has 94 valence electrons. The Balaban J connectivity index is 2.58. The van der Waals surface area contributed by atoms with Crippen molar-refractivity contribution in [1.82, 2.24) is 15.5 Å². The summed E-state index contributed by atoms with van der Waals surface area (Å²) in [6.07, 6.45) is -0.0949. The van der Waals surface area contributed by atoms with Gasteiger partial charge in [-0.1, -0.05) is 20.8 Å². The van der Waals surface area contributed by atoms with Crippen LogP contribution in [-0.2, 0) is 10.2 Å². The Morgan fingerprint density at radius 2 is 2.12 bits per heavy atom. The van der Waals surface area contributed by atoms with Gasteiger partial charge >= 0.3 is 5.97 Å². The molecule has 0 aromatic carbocycles. The minimum atomic E-state index is -0.942. The third kappa shape index (κ3) is 3.90. The molecular formula is C11H17N3O3. The van der Waals surface area contributed by atoms with Gasteiger partial charge in [0.2, 0.25) is 0 Å². The van der Waals surface area contributed by atoms with Gasteiger partial charge in [0.15, 0.2) is 0 Å². The molecule has 0 radical (unpaired) electrons. The zero-order valence-electron chi connectivity index (χ0n) is 10.2. The lowest BCUT2D eigenvalue weighted by Gasteiger charge is -2.14. The van der Waals surface area contributed by atoms with Crippen molar-refractivity contribution in [1.29, 1.82) is 0 Å². The number of hydrogen-bond acceptors (Lipinski definition) is 3. The van der Waals surface area contributed by atoms with E-state index in [2.05, 4.69) is 15.5 Å². The molecule has 0 spiro atoms. The van der Waals surface area contributed by atoms with Crippen molar-refractivity contribution in [2.45, 2.75) is 32.6 Å². The first kappa shape index (κ1) is 13.2. The smallest absolute Gasteiger partial charge is 0.305 e. The maximum absolute atomic E-state index is 11.6. The number of carbonyl (C=O) groups excluding carboxylic acids is 1. The minimum absolute atomic E-state index is 0.0949. The quantitative estimate of drug-likeness (QED) is 0.727. The topological polar surface area (TPSA) is 95.1 Å². The van der Waals surface area contributed by atoms with Gasteiger partial charge in [-0.2, -0.15) is 5.10 Å². The van der Waals surface area contributed by atoms with Crippen molar-refractivity contribution in [2.24, 2.45) is 0 Å². The molecule has 1 aromatic heterocycles. The SMILES string of the molecule is CC(C)(C)c1cc(C(=O)NCCC(=O)O)n[nH]1. The number of nitrogens with zero attached hydrogens (tertiary/aromatic N) is 1. The third-order valence-corrected chi connectivity index (χ3v) is 2.24. The Hall–Kier alpha value is -1.85. The van der Waals surface area contributed by atoms with E-state index in [9.17, 15) is 9.59 Å². The number of H-pyrrole nitrogens is 1. The second-order valence-corrected chi connectivity index (χ2v) is 4.82. The average molecular weight is 239 g/mol. The Morgan fingerprint density at radius 3 is 2.59 bits per heavy atom. The molecule has 0 atom stereocenters. The van der Waals surface area contributed by atoms with E-state index < -0.39 is 5.97 Å². The third-order valence-electron chi connectivity index (χ3n) is 2.24. The van der Waals surface area contributed by atoms with Gasteiger partial charge in [0.05, 0.1) is 6.42 Å². The molecule has 0 bridgehead atoms. The molecular weight excluding hydrogens is 222 g/mol. The van der Waals surface area contributed by atoms with Gasteiger partial charge in [-0.3, -0.25) is 14.7 Å². The van der Waals surface area contributed by atoms with Crippen LogP contribution in [0, 0.1) is 0 Å². The highest BCUT2D eigenvalue weighted by atomic mass is 16.4. The van der Waals surface area contributed by atoms with E-state index >= 15 is 0 Å². The number of rotatable bonds is 4. The van der Waals surface area contributed by atoms with Crippen LogP contribution in [0.2, 0.25) is 0 Å². The monoisotopic (exact) mass is 239 g/mol. The van der Waals surface area contributed by atoms with Gasteiger partial charge in [-0.25, -0.2) is 0 Å². The molecule has 6 nitrogen and oxygen atoms in total. The van der Waals surface area contributed by atoms with Crippen molar-refractivity contribution < 1.29 is 14.7 Å². The first-order valence-electron chi connectivity index (χ1n) is 5.36. The number of aromatic nitrogens is 2. The van der Waals surface area contributed by atoms with Crippen LogP contribution >= 0.6 is 0 Å². The number of nitrogens with one attached hydrogen (secondary N) is 2. The number of carboxylic acid groups (broad SMARTS) is 1. The highest BCUT2D eigenvalue weighted by Gasteiger charge is 2.19. The summed E-state index contributed by atoms with van der Waals surface area (Å²) in [4.78, 5) is 21.9. The number of carbonyl (C=O) groups is 2. The summed E-state index contributed by atoms with van der Waals surface area (Å²) in [5.41, 5.74) is 1.04. The number of amides is 1. The van der Waals surface area contributed by atoms with E-state index in [1.165, 1.54) is 0 Å². The molecule has 1 rings (SSSR count). The Bertz CT molecular complexity index is 418. The van der Waals surface area contributed by atoms with Crippen molar-refractivity contribution in [3.05, 3.63) is 17.5 Å². The summed E-state index contributed by atoms with van der Waals surface area (Å²) in [6.45, 7) is 6.12. The number of aliphatic carboxylic acids is 1. The lowest BCUT2D eigenvalue weighted by molar-refractivity contribution is -0.136. The van der Waals surface area contributed by atoms with E-state index in [1.807, 2.05) is 20.8 Å². The molecule has 17 heavy (non-hydrogen) atoms. The van der Waals surface area contributed by atoms with E-state index in [0.717, 1.165) is 5.69 Å². The highest BCUT2D eigenvalue weighted by Crippen LogP contribution is 2.20. The van der Waals surface area contributed by atoms with Gasteiger partial charge in [0.1, 0.15) is 5.69 Å². The fourth-order valence-electron chi connectivity index (χ4n) is 1.20. The van der Waals surface area contributed by atoms with Crippen LogP contribution in [-0.4, -0.2) is 33.7 Å². The minimum Gasteiger partial charge on any atom is -0.481 e. The largest absolute Gasteiger partial charge is 0.481 e.